The first-order valence-corrected chi connectivity index (χ1v) is 9.38. The van der Waals surface area contributed by atoms with Gasteiger partial charge in [0, 0.05) is 50.6 Å². The van der Waals surface area contributed by atoms with Crippen LogP contribution in [0.15, 0.2) is 29.4 Å². The van der Waals surface area contributed by atoms with Crippen LogP contribution in [0.4, 0.5) is 22.0 Å². The summed E-state index contributed by atoms with van der Waals surface area (Å²) < 4.78 is 75.8. The Kier molecular flexibility index (Phi) is 11.0. The van der Waals surface area contributed by atoms with Crippen molar-refractivity contribution in [2.24, 2.45) is 12.0 Å². The lowest BCUT2D eigenvalue weighted by Crippen LogP contribution is -2.36. The van der Waals surface area contributed by atoms with E-state index >= 15 is 0 Å². The smallest absolute Gasteiger partial charge is 0.435 e. The van der Waals surface area contributed by atoms with Crippen LogP contribution in [-0.2, 0) is 26.3 Å². The number of ether oxygens (including phenoxy) is 2. The van der Waals surface area contributed by atoms with E-state index < -0.39 is 18.5 Å². The molecule has 0 unspecified atom stereocenters. The molecule has 0 fully saturated rings. The molecular weight excluding hydrogens is 552 g/mol. The number of nitrogens with zero attached hydrogens (tertiary/aromatic N) is 3. The molecule has 13 heteroatoms. The predicted molar refractivity (Wildman–Crippen MR) is 120 cm³/mol. The van der Waals surface area contributed by atoms with Gasteiger partial charge in [0.2, 0.25) is 0 Å². The van der Waals surface area contributed by atoms with Crippen LogP contribution in [0, 0.1) is 0 Å². The minimum atomic E-state index is -4.58. The molecule has 32 heavy (non-hydrogen) atoms. The van der Waals surface area contributed by atoms with E-state index in [-0.39, 0.29) is 54.3 Å². The maximum Gasteiger partial charge on any atom is 0.435 e. The summed E-state index contributed by atoms with van der Waals surface area (Å²) in [6.07, 6.45) is -2.58. The van der Waals surface area contributed by atoms with Crippen LogP contribution in [0.1, 0.15) is 30.2 Å². The van der Waals surface area contributed by atoms with Gasteiger partial charge < -0.3 is 20.1 Å². The van der Waals surface area contributed by atoms with Crippen molar-refractivity contribution in [3.8, 4) is 11.5 Å². The number of halogens is 6. The van der Waals surface area contributed by atoms with Crippen molar-refractivity contribution in [1.29, 1.82) is 0 Å². The van der Waals surface area contributed by atoms with Gasteiger partial charge in [0.05, 0.1) is 6.61 Å². The molecular formula is C19H25F5IN5O2. The van der Waals surface area contributed by atoms with Gasteiger partial charge in [0.15, 0.2) is 11.7 Å². The highest BCUT2D eigenvalue weighted by Gasteiger charge is 2.36. The number of guanidine groups is 1. The Hall–Kier alpha value is -2.32. The van der Waals surface area contributed by atoms with Crippen LogP contribution >= 0.6 is 24.0 Å². The number of aromatic nitrogens is 2. The molecule has 0 saturated carbocycles. The van der Waals surface area contributed by atoms with Crippen molar-refractivity contribution in [1.82, 2.24) is 20.4 Å². The first-order chi connectivity index (χ1) is 14.6. The molecule has 0 aliphatic carbocycles. The lowest BCUT2D eigenvalue weighted by atomic mass is 10.2. The molecule has 1 aromatic carbocycles. The Balaban J connectivity index is 0.00000512. The maximum absolute atomic E-state index is 13.1. The van der Waals surface area contributed by atoms with E-state index in [4.69, 9.17) is 4.74 Å². The summed E-state index contributed by atoms with van der Waals surface area (Å²) in [4.78, 5) is 3.94. The van der Waals surface area contributed by atoms with E-state index in [9.17, 15) is 22.0 Å². The fourth-order valence-corrected chi connectivity index (χ4v) is 2.68. The molecule has 0 aliphatic rings. The molecule has 0 amide bonds. The fraction of sp³-hybridized carbons (Fsp3) is 0.474. The first kappa shape index (κ1) is 27.7. The molecule has 1 aromatic heterocycles. The number of benzene rings is 1. The minimum Gasteiger partial charge on any atom is -0.493 e. The molecule has 2 N–H and O–H groups in total. The molecule has 0 radical (unpaired) electrons. The van der Waals surface area contributed by atoms with Crippen LogP contribution in [0.5, 0.6) is 11.5 Å². The molecule has 0 saturated heterocycles. The first-order valence-electron chi connectivity index (χ1n) is 9.38. The van der Waals surface area contributed by atoms with Gasteiger partial charge in [-0.15, -0.1) is 24.0 Å². The monoisotopic (exact) mass is 577 g/mol. The number of hydrogen-bond donors (Lipinski definition) is 2. The summed E-state index contributed by atoms with van der Waals surface area (Å²) in [7, 11) is 2.83. The largest absolute Gasteiger partial charge is 0.493 e. The molecule has 0 spiro atoms. The quantitative estimate of drug-likeness (QED) is 0.201. The molecule has 2 aromatic rings. The van der Waals surface area contributed by atoms with E-state index in [1.807, 2.05) is 6.92 Å². The van der Waals surface area contributed by atoms with Gasteiger partial charge in [-0.1, -0.05) is 6.92 Å². The minimum absolute atomic E-state index is 0. The highest BCUT2D eigenvalue weighted by molar-refractivity contribution is 14.0. The van der Waals surface area contributed by atoms with Gasteiger partial charge >= 0.3 is 12.8 Å². The normalized spacial score (nSPS) is 11.8. The Morgan fingerprint density at radius 3 is 2.41 bits per heavy atom. The van der Waals surface area contributed by atoms with Crippen molar-refractivity contribution in [3.05, 3.63) is 41.2 Å². The van der Waals surface area contributed by atoms with E-state index in [2.05, 4.69) is 25.5 Å². The number of alkyl halides is 5. The van der Waals surface area contributed by atoms with Gasteiger partial charge in [-0.25, -0.2) is 0 Å². The maximum atomic E-state index is 13.1. The van der Waals surface area contributed by atoms with Crippen molar-refractivity contribution in [2.45, 2.75) is 39.2 Å². The van der Waals surface area contributed by atoms with Crippen LogP contribution < -0.4 is 20.1 Å². The van der Waals surface area contributed by atoms with Gasteiger partial charge in [-0.05, 0) is 18.6 Å². The molecule has 1 heterocycles. The van der Waals surface area contributed by atoms with E-state index in [1.165, 1.54) is 26.4 Å². The van der Waals surface area contributed by atoms with Crippen molar-refractivity contribution >= 4 is 29.9 Å². The molecule has 0 aliphatic heterocycles. The lowest BCUT2D eigenvalue weighted by molar-refractivity contribution is -0.142. The highest BCUT2D eigenvalue weighted by Crippen LogP contribution is 2.30. The second-order valence-corrected chi connectivity index (χ2v) is 6.45. The van der Waals surface area contributed by atoms with Crippen molar-refractivity contribution in [2.75, 3.05) is 13.7 Å². The third kappa shape index (κ3) is 8.31. The third-order valence-electron chi connectivity index (χ3n) is 4.02. The Bertz CT molecular complexity index is 889. The standard InChI is InChI=1S/C19H24F5N5O2.HI/c1-4-7-30-14-6-5-12(15(8-14)31-17(20)21)9-26-18(25-2)27-10-13-11-29(3)28-16(13)19(22,23)24;/h5-6,8,11,17H,4,7,9-10H2,1-3H3,(H2,25,26,27);1H. The Labute approximate surface area is 199 Å². The van der Waals surface area contributed by atoms with Gasteiger partial charge in [-0.2, -0.15) is 27.1 Å². The number of aliphatic imine (C=N–C) groups is 1. The van der Waals surface area contributed by atoms with Crippen LogP contribution in [0.25, 0.3) is 0 Å². The summed E-state index contributed by atoms with van der Waals surface area (Å²) >= 11 is 0. The van der Waals surface area contributed by atoms with Gasteiger partial charge in [0.1, 0.15) is 11.5 Å². The van der Waals surface area contributed by atoms with E-state index in [0.717, 1.165) is 11.1 Å². The van der Waals surface area contributed by atoms with Crippen molar-refractivity contribution < 1.29 is 31.4 Å². The average molecular weight is 577 g/mol. The topological polar surface area (TPSA) is 72.7 Å². The summed E-state index contributed by atoms with van der Waals surface area (Å²) in [5, 5.41) is 9.06. The number of aryl methyl sites for hydroxylation is 1. The second kappa shape index (κ2) is 12.6. The summed E-state index contributed by atoms with van der Waals surface area (Å²) in [5.74, 6) is 0.490. The number of nitrogens with one attached hydrogen (secondary N) is 2. The highest BCUT2D eigenvalue weighted by atomic mass is 127. The van der Waals surface area contributed by atoms with Crippen LogP contribution in [0.2, 0.25) is 0 Å². The number of rotatable bonds is 9. The van der Waals surface area contributed by atoms with E-state index in [0.29, 0.717) is 17.9 Å². The Morgan fingerprint density at radius 1 is 1.19 bits per heavy atom. The van der Waals surface area contributed by atoms with Crippen LogP contribution in [-0.4, -0.2) is 36.0 Å². The second-order valence-electron chi connectivity index (χ2n) is 6.45. The summed E-state index contributed by atoms with van der Waals surface area (Å²) in [5.41, 5.74) is -0.658. The molecule has 180 valence electrons. The fourth-order valence-electron chi connectivity index (χ4n) is 2.68. The Morgan fingerprint density at radius 2 is 1.84 bits per heavy atom. The zero-order chi connectivity index (χ0) is 23.0. The number of hydrogen-bond acceptors (Lipinski definition) is 4. The zero-order valence-electron chi connectivity index (χ0n) is 17.7. The zero-order valence-corrected chi connectivity index (χ0v) is 20.0. The third-order valence-corrected chi connectivity index (χ3v) is 4.02. The lowest BCUT2D eigenvalue weighted by Gasteiger charge is -2.16. The summed E-state index contributed by atoms with van der Waals surface area (Å²) in [6, 6.07) is 4.54. The van der Waals surface area contributed by atoms with Crippen LogP contribution in [0.3, 0.4) is 0 Å². The molecule has 0 atom stereocenters. The SMILES string of the molecule is CCCOc1ccc(CNC(=NC)NCc2cn(C)nc2C(F)(F)F)c(OC(F)F)c1.I. The molecule has 7 nitrogen and oxygen atoms in total. The van der Waals surface area contributed by atoms with Gasteiger partial charge in [-0.3, -0.25) is 9.67 Å². The van der Waals surface area contributed by atoms with Gasteiger partial charge in [0.25, 0.3) is 0 Å². The van der Waals surface area contributed by atoms with E-state index in [1.54, 1.807) is 12.1 Å². The predicted octanol–water partition coefficient (Wildman–Crippen LogP) is 4.31. The molecule has 2 rings (SSSR count). The van der Waals surface area contributed by atoms with Crippen molar-refractivity contribution in [3.63, 3.8) is 0 Å². The average Bonchev–Trinajstić information content (AvgIpc) is 3.08. The molecule has 0 bridgehead atoms. The summed E-state index contributed by atoms with van der Waals surface area (Å²) in [6.45, 7) is -0.835.